The van der Waals surface area contributed by atoms with Crippen LogP contribution in [0.25, 0.3) is 0 Å². The third-order valence-corrected chi connectivity index (χ3v) is 7.40. The van der Waals surface area contributed by atoms with Crippen molar-refractivity contribution in [3.05, 3.63) is 57.8 Å². The van der Waals surface area contributed by atoms with Crippen LogP contribution in [-0.4, -0.2) is 34.7 Å². The van der Waals surface area contributed by atoms with Crippen LogP contribution < -0.4 is 0 Å². The number of thiophene rings is 1. The zero-order chi connectivity index (χ0) is 22.8. The fourth-order valence-electron chi connectivity index (χ4n) is 4.48. The van der Waals surface area contributed by atoms with Gasteiger partial charge in [0.15, 0.2) is 0 Å². The van der Waals surface area contributed by atoms with Crippen LogP contribution in [0.5, 0.6) is 0 Å². The molecule has 1 saturated carbocycles. The Morgan fingerprint density at radius 1 is 0.969 bits per heavy atom. The lowest BCUT2D eigenvalue weighted by Gasteiger charge is -2.28. The standard InChI is InChI=1S/C27H38N2O2S/c1-3-4-18-28(26(30)17-15-23-10-8-9-11-23)21-27(31)29(19-24-12-6-5-7-13-24)20-25-16-14-22(2)32-25/h5-7,12-14,16,23H,3-4,8-11,15,17-21H2,1-2H3. The zero-order valence-electron chi connectivity index (χ0n) is 19.7. The molecular formula is C27H38N2O2S. The van der Waals surface area contributed by atoms with Gasteiger partial charge in [0.25, 0.3) is 0 Å². The summed E-state index contributed by atoms with van der Waals surface area (Å²) in [5, 5.41) is 0. The molecule has 4 nitrogen and oxygen atoms in total. The molecule has 1 heterocycles. The number of nitrogens with zero attached hydrogens (tertiary/aromatic N) is 2. The normalized spacial score (nSPS) is 13.9. The van der Waals surface area contributed by atoms with Gasteiger partial charge in [-0.25, -0.2) is 0 Å². The molecule has 174 valence electrons. The zero-order valence-corrected chi connectivity index (χ0v) is 20.5. The Morgan fingerprint density at radius 2 is 1.72 bits per heavy atom. The fraction of sp³-hybridized carbons (Fsp3) is 0.556. The second-order valence-corrected chi connectivity index (χ2v) is 10.5. The second-order valence-electron chi connectivity index (χ2n) is 9.11. The first-order valence-corrected chi connectivity index (χ1v) is 13.0. The molecule has 1 fully saturated rings. The molecule has 0 N–H and O–H groups in total. The number of benzene rings is 1. The summed E-state index contributed by atoms with van der Waals surface area (Å²) in [6, 6.07) is 14.3. The Hall–Kier alpha value is -2.14. The summed E-state index contributed by atoms with van der Waals surface area (Å²) in [5.74, 6) is 0.870. The molecule has 2 amide bonds. The lowest BCUT2D eigenvalue weighted by Crippen LogP contribution is -2.42. The molecule has 32 heavy (non-hydrogen) atoms. The largest absolute Gasteiger partial charge is 0.333 e. The summed E-state index contributed by atoms with van der Waals surface area (Å²) >= 11 is 1.73. The van der Waals surface area contributed by atoms with E-state index >= 15 is 0 Å². The van der Waals surface area contributed by atoms with E-state index in [9.17, 15) is 9.59 Å². The lowest BCUT2D eigenvalue weighted by atomic mass is 10.0. The third kappa shape index (κ3) is 7.77. The maximum Gasteiger partial charge on any atom is 0.242 e. The van der Waals surface area contributed by atoms with Crippen LogP contribution in [0, 0.1) is 12.8 Å². The van der Waals surface area contributed by atoms with Gasteiger partial charge in [-0.3, -0.25) is 9.59 Å². The van der Waals surface area contributed by atoms with Crippen LogP contribution in [0.2, 0.25) is 0 Å². The first-order chi connectivity index (χ1) is 15.5. The third-order valence-electron chi connectivity index (χ3n) is 6.41. The maximum absolute atomic E-state index is 13.4. The van der Waals surface area contributed by atoms with E-state index < -0.39 is 0 Å². The Kier molecular flexibility index (Phi) is 9.79. The van der Waals surface area contributed by atoms with Crippen LogP contribution in [-0.2, 0) is 22.7 Å². The monoisotopic (exact) mass is 454 g/mol. The van der Waals surface area contributed by atoms with Gasteiger partial charge in [0.1, 0.15) is 0 Å². The summed E-state index contributed by atoms with van der Waals surface area (Å²) in [5.41, 5.74) is 1.11. The molecule has 0 saturated heterocycles. The number of rotatable bonds is 12. The first kappa shape index (κ1) is 24.5. The summed E-state index contributed by atoms with van der Waals surface area (Å²) in [6.07, 6.45) is 8.61. The average molecular weight is 455 g/mol. The van der Waals surface area contributed by atoms with Gasteiger partial charge >= 0.3 is 0 Å². The molecule has 3 rings (SSSR count). The number of carbonyl (C=O) groups excluding carboxylic acids is 2. The van der Waals surface area contributed by atoms with Crippen LogP contribution in [0.3, 0.4) is 0 Å². The van der Waals surface area contributed by atoms with Crippen molar-refractivity contribution in [1.29, 1.82) is 0 Å². The summed E-state index contributed by atoms with van der Waals surface area (Å²) < 4.78 is 0. The van der Waals surface area contributed by atoms with E-state index in [0.29, 0.717) is 32.0 Å². The van der Waals surface area contributed by atoms with Gasteiger partial charge in [-0.1, -0.05) is 69.4 Å². The van der Waals surface area contributed by atoms with E-state index in [2.05, 4.69) is 38.1 Å². The van der Waals surface area contributed by atoms with Crippen molar-refractivity contribution in [3.8, 4) is 0 Å². The molecular weight excluding hydrogens is 416 g/mol. The predicted molar refractivity (Wildman–Crippen MR) is 132 cm³/mol. The van der Waals surface area contributed by atoms with E-state index in [1.807, 2.05) is 28.0 Å². The summed E-state index contributed by atoms with van der Waals surface area (Å²) in [6.45, 7) is 6.22. The van der Waals surface area contributed by atoms with Gasteiger partial charge in [0, 0.05) is 29.3 Å². The molecule has 1 aromatic heterocycles. The van der Waals surface area contributed by atoms with Crippen LogP contribution in [0.1, 0.15) is 73.6 Å². The average Bonchev–Trinajstić information content (AvgIpc) is 3.46. The second kappa shape index (κ2) is 12.8. The number of hydrogen-bond donors (Lipinski definition) is 0. The number of amides is 2. The molecule has 0 bridgehead atoms. The minimum atomic E-state index is 0.0326. The van der Waals surface area contributed by atoms with Gasteiger partial charge in [-0.05, 0) is 43.4 Å². The highest BCUT2D eigenvalue weighted by Gasteiger charge is 2.23. The Morgan fingerprint density at radius 3 is 2.38 bits per heavy atom. The van der Waals surface area contributed by atoms with Gasteiger partial charge in [0.05, 0.1) is 13.1 Å². The smallest absolute Gasteiger partial charge is 0.242 e. The Bertz CT molecular complexity index is 842. The van der Waals surface area contributed by atoms with Crippen LogP contribution >= 0.6 is 11.3 Å². The summed E-state index contributed by atoms with van der Waals surface area (Å²) in [7, 11) is 0. The highest BCUT2D eigenvalue weighted by atomic mass is 32.1. The van der Waals surface area contributed by atoms with E-state index in [1.54, 1.807) is 11.3 Å². The van der Waals surface area contributed by atoms with Crippen molar-refractivity contribution in [2.45, 2.75) is 78.3 Å². The molecule has 0 aliphatic heterocycles. The van der Waals surface area contributed by atoms with Crippen molar-refractivity contribution in [3.63, 3.8) is 0 Å². The van der Waals surface area contributed by atoms with Crippen molar-refractivity contribution >= 4 is 23.2 Å². The molecule has 0 spiro atoms. The van der Waals surface area contributed by atoms with Crippen LogP contribution in [0.4, 0.5) is 0 Å². The van der Waals surface area contributed by atoms with Crippen LogP contribution in [0.15, 0.2) is 42.5 Å². The van der Waals surface area contributed by atoms with Crippen molar-refractivity contribution < 1.29 is 9.59 Å². The molecule has 0 radical (unpaired) electrons. The molecule has 5 heteroatoms. The van der Waals surface area contributed by atoms with Crippen molar-refractivity contribution in [2.75, 3.05) is 13.1 Å². The molecule has 1 aromatic carbocycles. The molecule has 2 aromatic rings. The Labute approximate surface area is 197 Å². The number of aryl methyl sites for hydroxylation is 1. The van der Waals surface area contributed by atoms with Gasteiger partial charge < -0.3 is 9.80 Å². The predicted octanol–water partition coefficient (Wildman–Crippen LogP) is 6.18. The van der Waals surface area contributed by atoms with E-state index in [0.717, 1.165) is 24.8 Å². The van der Waals surface area contributed by atoms with Gasteiger partial charge in [-0.15, -0.1) is 11.3 Å². The topological polar surface area (TPSA) is 40.6 Å². The molecule has 0 unspecified atom stereocenters. The SMILES string of the molecule is CCCCN(CC(=O)N(Cc1ccccc1)Cc1ccc(C)s1)C(=O)CCC1CCCC1. The quantitative estimate of drug-likeness (QED) is 0.384. The highest BCUT2D eigenvalue weighted by Crippen LogP contribution is 2.28. The van der Waals surface area contributed by atoms with Crippen molar-refractivity contribution in [1.82, 2.24) is 9.80 Å². The fourth-order valence-corrected chi connectivity index (χ4v) is 5.39. The highest BCUT2D eigenvalue weighted by molar-refractivity contribution is 7.11. The summed E-state index contributed by atoms with van der Waals surface area (Å²) in [4.78, 5) is 32.6. The van der Waals surface area contributed by atoms with Gasteiger partial charge in [-0.2, -0.15) is 0 Å². The van der Waals surface area contributed by atoms with E-state index in [4.69, 9.17) is 0 Å². The van der Waals surface area contributed by atoms with Crippen molar-refractivity contribution in [2.24, 2.45) is 5.92 Å². The number of hydrogen-bond acceptors (Lipinski definition) is 3. The van der Waals surface area contributed by atoms with Gasteiger partial charge in [0.2, 0.25) is 11.8 Å². The van der Waals surface area contributed by atoms with E-state index in [1.165, 1.54) is 35.4 Å². The molecule has 0 atom stereocenters. The lowest BCUT2D eigenvalue weighted by molar-refractivity contribution is -0.141. The molecule has 1 aliphatic carbocycles. The number of carbonyl (C=O) groups is 2. The first-order valence-electron chi connectivity index (χ1n) is 12.2. The number of unbranched alkanes of at least 4 members (excludes halogenated alkanes) is 1. The Balaban J connectivity index is 1.66. The molecule has 1 aliphatic rings. The maximum atomic E-state index is 13.4. The van der Waals surface area contributed by atoms with E-state index in [-0.39, 0.29) is 18.4 Å². The minimum absolute atomic E-state index is 0.0326. The minimum Gasteiger partial charge on any atom is -0.333 e.